The van der Waals surface area contributed by atoms with Gasteiger partial charge >= 0.3 is 6.09 Å². The van der Waals surface area contributed by atoms with Crippen LogP contribution in [0, 0.1) is 11.7 Å². The minimum absolute atomic E-state index is 0.000671. The zero-order valence-electron chi connectivity index (χ0n) is 16.1. The van der Waals surface area contributed by atoms with Gasteiger partial charge in [-0.1, -0.05) is 19.9 Å². The van der Waals surface area contributed by atoms with Gasteiger partial charge in [0.25, 0.3) is 0 Å². The van der Waals surface area contributed by atoms with E-state index in [1.807, 2.05) is 13.8 Å². The molecule has 0 radical (unpaired) electrons. The van der Waals surface area contributed by atoms with Crippen LogP contribution in [0.1, 0.15) is 27.2 Å². The van der Waals surface area contributed by atoms with Crippen LogP contribution in [-0.2, 0) is 9.53 Å². The van der Waals surface area contributed by atoms with Crippen LogP contribution in [0.25, 0.3) is 11.1 Å². The van der Waals surface area contributed by atoms with E-state index in [-0.39, 0.29) is 24.2 Å². The lowest BCUT2D eigenvalue weighted by Gasteiger charge is -2.19. The Balaban J connectivity index is 2.11. The van der Waals surface area contributed by atoms with Gasteiger partial charge in [0.1, 0.15) is 18.5 Å². The van der Waals surface area contributed by atoms with Crippen LogP contribution in [0.2, 0.25) is 0 Å². The van der Waals surface area contributed by atoms with Crippen molar-refractivity contribution >= 4 is 17.8 Å². The number of ether oxygens (including phenoxy) is 2. The van der Waals surface area contributed by atoms with Crippen molar-refractivity contribution < 1.29 is 23.5 Å². The molecule has 7 nitrogen and oxygen atoms in total. The molecule has 1 unspecified atom stereocenters. The van der Waals surface area contributed by atoms with E-state index in [2.05, 4.69) is 10.3 Å². The van der Waals surface area contributed by atoms with Gasteiger partial charge in [0.2, 0.25) is 5.91 Å². The number of benzene rings is 1. The molecule has 8 heteroatoms. The molecule has 150 valence electrons. The zero-order chi connectivity index (χ0) is 20.7. The number of amides is 2. The molecule has 0 aliphatic rings. The lowest BCUT2D eigenvalue weighted by Crippen LogP contribution is -2.29. The van der Waals surface area contributed by atoms with Gasteiger partial charge in [-0.05, 0) is 47.7 Å². The molecule has 2 rings (SSSR count). The molecule has 0 aliphatic carbocycles. The highest BCUT2D eigenvalue weighted by Crippen LogP contribution is 2.27. The third-order valence-corrected chi connectivity index (χ3v) is 3.77. The SMILES string of the molecule is CC(=O)Nc1cc(-c2ccc(OCC(CC(C)C)OC(N)=O)c(F)c2)ccn1. The molecule has 2 aromatic rings. The van der Waals surface area contributed by atoms with Gasteiger partial charge in [-0.2, -0.15) is 0 Å². The Kier molecular flexibility index (Phi) is 7.31. The molecule has 0 spiro atoms. The van der Waals surface area contributed by atoms with Gasteiger partial charge in [-0.15, -0.1) is 0 Å². The molecule has 1 aromatic carbocycles. The number of pyridine rings is 1. The highest BCUT2D eigenvalue weighted by molar-refractivity contribution is 5.88. The first-order valence-electron chi connectivity index (χ1n) is 8.87. The number of nitrogens with two attached hydrogens (primary N) is 1. The van der Waals surface area contributed by atoms with E-state index >= 15 is 0 Å². The summed E-state index contributed by atoms with van der Waals surface area (Å²) in [4.78, 5) is 26.2. The Morgan fingerprint density at radius 3 is 2.54 bits per heavy atom. The number of rotatable bonds is 8. The van der Waals surface area contributed by atoms with Gasteiger partial charge in [0.15, 0.2) is 11.6 Å². The van der Waals surface area contributed by atoms with Crippen LogP contribution in [0.3, 0.4) is 0 Å². The number of nitrogens with zero attached hydrogens (tertiary/aromatic N) is 1. The molecule has 1 heterocycles. The number of carbonyl (C=O) groups is 2. The minimum atomic E-state index is -0.891. The second-order valence-electron chi connectivity index (χ2n) is 6.76. The summed E-state index contributed by atoms with van der Waals surface area (Å²) in [7, 11) is 0. The number of nitrogens with one attached hydrogen (secondary N) is 1. The number of aromatic nitrogens is 1. The summed E-state index contributed by atoms with van der Waals surface area (Å²) in [6, 6.07) is 7.88. The van der Waals surface area contributed by atoms with Gasteiger partial charge in [0, 0.05) is 13.1 Å². The Morgan fingerprint density at radius 1 is 1.21 bits per heavy atom. The van der Waals surface area contributed by atoms with Crippen molar-refractivity contribution in [1.29, 1.82) is 0 Å². The predicted molar refractivity (Wildman–Crippen MR) is 103 cm³/mol. The first-order valence-corrected chi connectivity index (χ1v) is 8.87. The molecule has 1 atom stereocenters. The Hall–Kier alpha value is -3.16. The number of carbonyl (C=O) groups excluding carboxylic acids is 2. The maximum Gasteiger partial charge on any atom is 0.404 e. The molecular formula is C20H24FN3O4. The van der Waals surface area contributed by atoms with E-state index < -0.39 is 18.0 Å². The topological polar surface area (TPSA) is 104 Å². The highest BCUT2D eigenvalue weighted by Gasteiger charge is 2.17. The fraction of sp³-hybridized carbons (Fsp3) is 0.350. The summed E-state index contributed by atoms with van der Waals surface area (Å²) >= 11 is 0. The van der Waals surface area contributed by atoms with Gasteiger partial charge in [-0.3, -0.25) is 4.79 Å². The van der Waals surface area contributed by atoms with Crippen molar-refractivity contribution in [2.24, 2.45) is 11.7 Å². The molecule has 2 amide bonds. The van der Waals surface area contributed by atoms with Crippen LogP contribution in [0.15, 0.2) is 36.5 Å². The zero-order valence-corrected chi connectivity index (χ0v) is 16.1. The van der Waals surface area contributed by atoms with E-state index in [9.17, 15) is 14.0 Å². The van der Waals surface area contributed by atoms with Crippen LogP contribution >= 0.6 is 0 Å². The molecule has 1 aromatic heterocycles. The van der Waals surface area contributed by atoms with E-state index in [1.54, 1.807) is 18.2 Å². The van der Waals surface area contributed by atoms with Crippen molar-refractivity contribution in [3.05, 3.63) is 42.3 Å². The van der Waals surface area contributed by atoms with Gasteiger partial charge in [0.05, 0.1) is 0 Å². The molecule has 0 aliphatic heterocycles. The summed E-state index contributed by atoms with van der Waals surface area (Å²) in [6.45, 7) is 5.32. The van der Waals surface area contributed by atoms with Crippen LogP contribution in [0.5, 0.6) is 5.75 Å². The molecule has 0 saturated heterocycles. The number of hydrogen-bond donors (Lipinski definition) is 2. The smallest absolute Gasteiger partial charge is 0.404 e. The third-order valence-electron chi connectivity index (χ3n) is 3.77. The third kappa shape index (κ3) is 6.53. The van der Waals surface area contributed by atoms with Crippen LogP contribution in [0.4, 0.5) is 15.0 Å². The van der Waals surface area contributed by atoms with Crippen molar-refractivity contribution in [3.8, 4) is 16.9 Å². The maximum absolute atomic E-state index is 14.5. The maximum atomic E-state index is 14.5. The van der Waals surface area contributed by atoms with Crippen LogP contribution in [-0.4, -0.2) is 29.7 Å². The van der Waals surface area contributed by atoms with Gasteiger partial charge < -0.3 is 20.5 Å². The average molecular weight is 389 g/mol. The summed E-state index contributed by atoms with van der Waals surface area (Å²) in [5.74, 6) is -0.122. The number of halogens is 1. The molecular weight excluding hydrogens is 365 g/mol. The average Bonchev–Trinajstić information content (AvgIpc) is 2.59. The highest BCUT2D eigenvalue weighted by atomic mass is 19.1. The van der Waals surface area contributed by atoms with Crippen molar-refractivity contribution in [3.63, 3.8) is 0 Å². The van der Waals surface area contributed by atoms with Gasteiger partial charge in [-0.25, -0.2) is 14.2 Å². The second-order valence-corrected chi connectivity index (χ2v) is 6.76. The standard InChI is InChI=1S/C20H24FN3O4/c1-12(2)8-16(28-20(22)26)11-27-18-5-4-14(9-17(18)21)15-6-7-23-19(10-15)24-13(3)25/h4-7,9-10,12,16H,8,11H2,1-3H3,(H2,22,26)(H,23,24,25). The molecule has 0 fully saturated rings. The van der Waals surface area contributed by atoms with E-state index in [1.165, 1.54) is 25.3 Å². The number of anilines is 1. The Bertz CT molecular complexity index is 842. The predicted octanol–water partition coefficient (Wildman–Crippen LogP) is 3.73. The largest absolute Gasteiger partial charge is 0.487 e. The van der Waals surface area contributed by atoms with Crippen LogP contribution < -0.4 is 15.8 Å². The second kappa shape index (κ2) is 9.68. The Labute approximate surface area is 163 Å². The minimum Gasteiger partial charge on any atom is -0.487 e. The summed E-state index contributed by atoms with van der Waals surface area (Å²) in [5.41, 5.74) is 6.37. The number of hydrogen-bond acceptors (Lipinski definition) is 5. The first-order chi connectivity index (χ1) is 13.2. The fourth-order valence-corrected chi connectivity index (χ4v) is 2.68. The molecule has 0 bridgehead atoms. The van der Waals surface area contributed by atoms with Crippen molar-refractivity contribution in [2.45, 2.75) is 33.3 Å². The monoisotopic (exact) mass is 389 g/mol. The first kappa shape index (κ1) is 21.1. The molecule has 28 heavy (non-hydrogen) atoms. The normalized spacial score (nSPS) is 11.8. The molecule has 3 N–H and O–H groups in total. The van der Waals surface area contributed by atoms with E-state index in [4.69, 9.17) is 15.2 Å². The summed E-state index contributed by atoms with van der Waals surface area (Å²) in [5, 5.41) is 2.58. The summed E-state index contributed by atoms with van der Waals surface area (Å²) < 4.78 is 25.0. The van der Waals surface area contributed by atoms with E-state index in [0.29, 0.717) is 23.4 Å². The van der Waals surface area contributed by atoms with Crippen molar-refractivity contribution in [1.82, 2.24) is 4.98 Å². The summed E-state index contributed by atoms with van der Waals surface area (Å²) in [6.07, 6.45) is 0.626. The van der Waals surface area contributed by atoms with E-state index in [0.717, 1.165) is 0 Å². The van der Waals surface area contributed by atoms with Crippen molar-refractivity contribution in [2.75, 3.05) is 11.9 Å². The quantitative estimate of drug-likeness (QED) is 0.716. The number of primary amides is 1. The lowest BCUT2D eigenvalue weighted by molar-refractivity contribution is -0.114. The molecule has 0 saturated carbocycles. The Morgan fingerprint density at radius 2 is 1.93 bits per heavy atom. The fourth-order valence-electron chi connectivity index (χ4n) is 2.68. The lowest BCUT2D eigenvalue weighted by atomic mass is 10.1.